The highest BCUT2D eigenvalue weighted by molar-refractivity contribution is 8.00. The van der Waals surface area contributed by atoms with Crippen LogP contribution in [0.4, 0.5) is 0 Å². The maximum Gasteiger partial charge on any atom is 0.236 e. The van der Waals surface area contributed by atoms with E-state index in [0.29, 0.717) is 17.5 Å². The fourth-order valence-corrected chi connectivity index (χ4v) is 4.06. The molecule has 138 valence electrons. The Kier molecular flexibility index (Phi) is 4.81. The predicted molar refractivity (Wildman–Crippen MR) is 104 cm³/mol. The van der Waals surface area contributed by atoms with E-state index in [1.807, 2.05) is 36.1 Å². The molecule has 27 heavy (non-hydrogen) atoms. The number of amides is 1. The quantitative estimate of drug-likeness (QED) is 0.551. The third-order valence-corrected chi connectivity index (χ3v) is 5.72. The average molecular weight is 380 g/mol. The summed E-state index contributed by atoms with van der Waals surface area (Å²) in [5.41, 5.74) is 3.38. The summed E-state index contributed by atoms with van der Waals surface area (Å²) < 4.78 is 1.43. The van der Waals surface area contributed by atoms with Crippen LogP contribution in [0.1, 0.15) is 18.1 Å². The van der Waals surface area contributed by atoms with E-state index in [1.54, 1.807) is 12.4 Å². The van der Waals surface area contributed by atoms with Crippen LogP contribution in [0.25, 0.3) is 11.4 Å². The van der Waals surface area contributed by atoms with Crippen molar-refractivity contribution in [1.82, 2.24) is 24.8 Å². The number of rotatable bonds is 4. The van der Waals surface area contributed by atoms with Gasteiger partial charge in [0.2, 0.25) is 11.1 Å². The van der Waals surface area contributed by atoms with Crippen LogP contribution in [0.2, 0.25) is 0 Å². The van der Waals surface area contributed by atoms with Crippen molar-refractivity contribution in [3.05, 3.63) is 59.9 Å². The van der Waals surface area contributed by atoms with Crippen molar-refractivity contribution in [2.75, 3.05) is 12.4 Å². The molecule has 8 heteroatoms. The molecule has 0 spiro atoms. The van der Waals surface area contributed by atoms with Gasteiger partial charge in [0.25, 0.3) is 0 Å². The first-order valence-corrected chi connectivity index (χ1v) is 9.64. The number of nitrogen functional groups attached to an aromatic ring is 1. The van der Waals surface area contributed by atoms with Gasteiger partial charge in [-0.25, -0.2) is 4.68 Å². The number of hydrogen-bond acceptors (Lipinski definition) is 6. The Labute approximate surface area is 161 Å². The van der Waals surface area contributed by atoms with Gasteiger partial charge in [0.1, 0.15) is 0 Å². The SMILES string of the molecule is C[C@H](Sc1nnc(-c2ccncc2)n1N)C(=O)N1CCc2ccccc2C1. The second-order valence-electron chi connectivity index (χ2n) is 6.45. The van der Waals surface area contributed by atoms with Crippen LogP contribution in [0.3, 0.4) is 0 Å². The van der Waals surface area contributed by atoms with Gasteiger partial charge in [-0.3, -0.25) is 9.78 Å². The number of nitrogens with zero attached hydrogens (tertiary/aromatic N) is 5. The Morgan fingerprint density at radius 1 is 1.15 bits per heavy atom. The molecular formula is C19H20N6OS. The molecule has 0 fully saturated rings. The number of carbonyl (C=O) groups is 1. The van der Waals surface area contributed by atoms with Gasteiger partial charge in [-0.1, -0.05) is 36.0 Å². The minimum absolute atomic E-state index is 0.0861. The third kappa shape index (κ3) is 3.52. The van der Waals surface area contributed by atoms with E-state index in [1.165, 1.54) is 27.6 Å². The molecule has 1 aliphatic rings. The zero-order chi connectivity index (χ0) is 18.8. The minimum atomic E-state index is -0.299. The van der Waals surface area contributed by atoms with Gasteiger partial charge in [0, 0.05) is 31.0 Å². The summed E-state index contributed by atoms with van der Waals surface area (Å²) in [5, 5.41) is 8.53. The smallest absolute Gasteiger partial charge is 0.236 e. The van der Waals surface area contributed by atoms with Crippen molar-refractivity contribution in [1.29, 1.82) is 0 Å². The molecule has 0 radical (unpaired) electrons. The van der Waals surface area contributed by atoms with Crippen LogP contribution in [0.15, 0.2) is 53.9 Å². The van der Waals surface area contributed by atoms with Crippen molar-refractivity contribution in [3.63, 3.8) is 0 Å². The molecule has 1 aromatic carbocycles. The monoisotopic (exact) mass is 380 g/mol. The Hall–Kier alpha value is -2.87. The molecule has 0 saturated carbocycles. The van der Waals surface area contributed by atoms with E-state index in [-0.39, 0.29) is 11.2 Å². The topological polar surface area (TPSA) is 89.9 Å². The molecule has 4 rings (SSSR count). The fraction of sp³-hybridized carbons (Fsp3) is 0.263. The summed E-state index contributed by atoms with van der Waals surface area (Å²) in [6.07, 6.45) is 4.24. The predicted octanol–water partition coefficient (Wildman–Crippen LogP) is 2.12. The first-order chi connectivity index (χ1) is 13.1. The lowest BCUT2D eigenvalue weighted by Crippen LogP contribution is -2.40. The standard InChI is InChI=1S/C19H20N6OS/c1-13(18(26)24-11-8-14-4-2-3-5-16(14)12-24)27-19-23-22-17(25(19)20)15-6-9-21-10-7-15/h2-7,9-10,13H,8,11-12,20H2,1H3/t13-/m0/s1. The highest BCUT2D eigenvalue weighted by Crippen LogP contribution is 2.27. The Balaban J connectivity index is 1.46. The molecule has 3 aromatic rings. The van der Waals surface area contributed by atoms with Crippen LogP contribution < -0.4 is 5.84 Å². The molecule has 2 N–H and O–H groups in total. The summed E-state index contributed by atoms with van der Waals surface area (Å²) in [6, 6.07) is 11.9. The van der Waals surface area contributed by atoms with Gasteiger partial charge in [0.15, 0.2) is 5.82 Å². The molecule has 0 bridgehead atoms. The number of aromatic nitrogens is 4. The summed E-state index contributed by atoms with van der Waals surface area (Å²) in [4.78, 5) is 18.8. The maximum atomic E-state index is 12.9. The highest BCUT2D eigenvalue weighted by atomic mass is 32.2. The molecule has 0 saturated heterocycles. The van der Waals surface area contributed by atoms with E-state index < -0.39 is 0 Å². The zero-order valence-electron chi connectivity index (χ0n) is 14.9. The first-order valence-electron chi connectivity index (χ1n) is 8.76. The van der Waals surface area contributed by atoms with Gasteiger partial charge >= 0.3 is 0 Å². The molecule has 7 nitrogen and oxygen atoms in total. The van der Waals surface area contributed by atoms with Crippen LogP contribution in [0.5, 0.6) is 0 Å². The van der Waals surface area contributed by atoms with Gasteiger partial charge in [-0.15, -0.1) is 10.2 Å². The summed E-state index contributed by atoms with van der Waals surface area (Å²) in [6.45, 7) is 3.27. The first kappa shape index (κ1) is 17.5. The minimum Gasteiger partial charge on any atom is -0.337 e. The van der Waals surface area contributed by atoms with Crippen LogP contribution >= 0.6 is 11.8 Å². The molecule has 0 aliphatic carbocycles. The zero-order valence-corrected chi connectivity index (χ0v) is 15.8. The maximum absolute atomic E-state index is 12.9. The summed E-state index contributed by atoms with van der Waals surface area (Å²) >= 11 is 1.33. The Bertz CT molecular complexity index is 958. The Morgan fingerprint density at radius 2 is 1.89 bits per heavy atom. The largest absolute Gasteiger partial charge is 0.337 e. The number of fused-ring (bicyclic) bond motifs is 1. The Morgan fingerprint density at radius 3 is 2.67 bits per heavy atom. The number of nitrogens with two attached hydrogens (primary N) is 1. The van der Waals surface area contributed by atoms with Crippen molar-refractivity contribution in [3.8, 4) is 11.4 Å². The fourth-order valence-electron chi connectivity index (χ4n) is 3.20. The highest BCUT2D eigenvalue weighted by Gasteiger charge is 2.27. The van der Waals surface area contributed by atoms with Gasteiger partial charge < -0.3 is 10.7 Å². The number of benzene rings is 1. The van der Waals surface area contributed by atoms with E-state index in [2.05, 4.69) is 27.3 Å². The van der Waals surface area contributed by atoms with Crippen molar-refractivity contribution in [2.45, 2.75) is 30.3 Å². The number of pyridine rings is 1. The van der Waals surface area contributed by atoms with E-state index in [4.69, 9.17) is 5.84 Å². The lowest BCUT2D eigenvalue weighted by molar-refractivity contribution is -0.131. The van der Waals surface area contributed by atoms with Crippen molar-refractivity contribution < 1.29 is 4.79 Å². The van der Waals surface area contributed by atoms with E-state index in [9.17, 15) is 4.79 Å². The van der Waals surface area contributed by atoms with Crippen LogP contribution in [-0.4, -0.2) is 42.5 Å². The van der Waals surface area contributed by atoms with E-state index >= 15 is 0 Å². The van der Waals surface area contributed by atoms with Crippen molar-refractivity contribution in [2.24, 2.45) is 0 Å². The molecule has 2 aromatic heterocycles. The molecule has 0 unspecified atom stereocenters. The third-order valence-electron chi connectivity index (χ3n) is 4.68. The number of thioether (sulfide) groups is 1. The van der Waals surface area contributed by atoms with Crippen molar-refractivity contribution >= 4 is 17.7 Å². The molecule has 1 amide bonds. The van der Waals surface area contributed by atoms with E-state index in [0.717, 1.165) is 18.5 Å². The molecule has 1 aliphatic heterocycles. The second kappa shape index (κ2) is 7.40. The number of carbonyl (C=O) groups excluding carboxylic acids is 1. The molecule has 1 atom stereocenters. The average Bonchev–Trinajstić information content (AvgIpc) is 3.08. The summed E-state index contributed by atoms with van der Waals surface area (Å²) in [5.74, 6) is 6.78. The normalized spacial score (nSPS) is 14.6. The van der Waals surface area contributed by atoms with Gasteiger partial charge in [0.05, 0.1) is 5.25 Å². The van der Waals surface area contributed by atoms with Gasteiger partial charge in [-0.2, -0.15) is 0 Å². The number of hydrogen-bond donors (Lipinski definition) is 1. The second-order valence-corrected chi connectivity index (χ2v) is 7.76. The molecular weight excluding hydrogens is 360 g/mol. The van der Waals surface area contributed by atoms with Crippen LogP contribution in [0, 0.1) is 0 Å². The van der Waals surface area contributed by atoms with Crippen LogP contribution in [-0.2, 0) is 17.8 Å². The lowest BCUT2D eigenvalue weighted by atomic mass is 10.00. The summed E-state index contributed by atoms with van der Waals surface area (Å²) in [7, 11) is 0. The van der Waals surface area contributed by atoms with Gasteiger partial charge in [-0.05, 0) is 36.6 Å². The molecule has 3 heterocycles. The lowest BCUT2D eigenvalue weighted by Gasteiger charge is -2.30.